The monoisotopic (exact) mass is 478 g/mol. The Bertz CT molecular complexity index is 1410. The Morgan fingerprint density at radius 2 is 1.97 bits per heavy atom. The van der Waals surface area contributed by atoms with Crippen LogP contribution < -0.4 is 15.8 Å². The van der Waals surface area contributed by atoms with Crippen LogP contribution in [0.4, 0.5) is 4.39 Å². The number of carbonyl (C=O) groups is 2. The number of hydrogen-bond donors (Lipinski definition) is 2. The van der Waals surface area contributed by atoms with Crippen molar-refractivity contribution in [3.63, 3.8) is 0 Å². The van der Waals surface area contributed by atoms with Crippen LogP contribution in [0.25, 0.3) is 21.1 Å². The van der Waals surface area contributed by atoms with E-state index >= 15 is 0 Å². The molecule has 3 N–H and O–H groups in total. The Labute approximate surface area is 199 Å². The second-order valence-corrected chi connectivity index (χ2v) is 9.51. The molecule has 1 aliphatic carbocycles. The summed E-state index contributed by atoms with van der Waals surface area (Å²) in [6, 6.07) is 7.67. The van der Waals surface area contributed by atoms with E-state index < -0.39 is 5.91 Å². The van der Waals surface area contributed by atoms with Crippen LogP contribution in [0.3, 0.4) is 0 Å². The van der Waals surface area contributed by atoms with Crippen LogP contribution >= 0.6 is 11.3 Å². The zero-order valence-electron chi connectivity index (χ0n) is 18.5. The molecule has 7 nitrogen and oxygen atoms in total. The number of halogens is 1. The summed E-state index contributed by atoms with van der Waals surface area (Å²) in [6.45, 7) is 1.97. The molecule has 0 saturated heterocycles. The number of ether oxygens (including phenoxy) is 1. The summed E-state index contributed by atoms with van der Waals surface area (Å²) in [6.07, 6.45) is 4.22. The van der Waals surface area contributed by atoms with Gasteiger partial charge < -0.3 is 15.8 Å². The van der Waals surface area contributed by atoms with Crippen LogP contribution in [-0.4, -0.2) is 33.9 Å². The van der Waals surface area contributed by atoms with E-state index in [9.17, 15) is 14.0 Å². The maximum Gasteiger partial charge on any atom is 0.254 e. The maximum absolute atomic E-state index is 13.5. The molecular formula is C25H23FN4O3S. The van der Waals surface area contributed by atoms with Crippen molar-refractivity contribution in [3.05, 3.63) is 64.4 Å². The first kappa shape index (κ1) is 22.2. The van der Waals surface area contributed by atoms with E-state index in [4.69, 9.17) is 10.5 Å². The van der Waals surface area contributed by atoms with Gasteiger partial charge in [0.1, 0.15) is 17.5 Å². The van der Waals surface area contributed by atoms with Gasteiger partial charge in [0.2, 0.25) is 5.88 Å². The third-order valence-electron chi connectivity index (χ3n) is 6.15. The van der Waals surface area contributed by atoms with Gasteiger partial charge in [0.15, 0.2) is 0 Å². The van der Waals surface area contributed by atoms with Crippen molar-refractivity contribution in [1.29, 1.82) is 0 Å². The lowest BCUT2D eigenvalue weighted by atomic mass is 9.92. The minimum atomic E-state index is -0.569. The number of carbonyl (C=O) groups excluding carboxylic acids is 2. The van der Waals surface area contributed by atoms with E-state index in [1.165, 1.54) is 29.7 Å². The number of aromatic nitrogens is 2. The summed E-state index contributed by atoms with van der Waals surface area (Å²) >= 11 is 1.52. The first-order valence-corrected chi connectivity index (χ1v) is 12.0. The highest BCUT2D eigenvalue weighted by atomic mass is 32.1. The second kappa shape index (κ2) is 8.98. The number of nitrogens with zero attached hydrogens (tertiary/aromatic N) is 2. The zero-order chi connectivity index (χ0) is 23.8. The molecule has 34 heavy (non-hydrogen) atoms. The Morgan fingerprint density at radius 1 is 1.18 bits per heavy atom. The molecule has 0 bridgehead atoms. The van der Waals surface area contributed by atoms with Crippen molar-refractivity contribution in [3.8, 4) is 5.88 Å². The highest BCUT2D eigenvalue weighted by Crippen LogP contribution is 2.31. The van der Waals surface area contributed by atoms with Crippen molar-refractivity contribution in [2.24, 2.45) is 5.73 Å². The van der Waals surface area contributed by atoms with Crippen LogP contribution in [0.1, 0.15) is 52.0 Å². The fourth-order valence-electron chi connectivity index (χ4n) is 4.30. The Kier molecular flexibility index (Phi) is 5.87. The van der Waals surface area contributed by atoms with Crippen molar-refractivity contribution < 1.29 is 18.7 Å². The molecule has 2 amide bonds. The van der Waals surface area contributed by atoms with Gasteiger partial charge >= 0.3 is 0 Å². The molecule has 0 radical (unpaired) electrons. The van der Waals surface area contributed by atoms with Crippen LogP contribution in [0.15, 0.2) is 41.9 Å². The smallest absolute Gasteiger partial charge is 0.254 e. The molecule has 5 rings (SSSR count). The summed E-state index contributed by atoms with van der Waals surface area (Å²) in [4.78, 5) is 33.5. The molecule has 9 heteroatoms. The number of thiophene rings is 1. The summed E-state index contributed by atoms with van der Waals surface area (Å²) in [5, 5.41) is 5.61. The summed E-state index contributed by atoms with van der Waals surface area (Å²) < 4.78 is 20.5. The Hall–Kier alpha value is -3.59. The van der Waals surface area contributed by atoms with Crippen molar-refractivity contribution in [2.45, 2.75) is 44.8 Å². The number of pyridine rings is 2. The predicted octanol–water partition coefficient (Wildman–Crippen LogP) is 4.51. The topological polar surface area (TPSA) is 107 Å². The van der Waals surface area contributed by atoms with Gasteiger partial charge in [-0.1, -0.05) is 0 Å². The molecule has 1 fully saturated rings. The maximum atomic E-state index is 13.5. The van der Waals surface area contributed by atoms with Gasteiger partial charge in [-0.25, -0.2) is 9.37 Å². The summed E-state index contributed by atoms with van der Waals surface area (Å²) in [7, 11) is 0. The largest absolute Gasteiger partial charge is 0.474 e. The van der Waals surface area contributed by atoms with E-state index in [1.54, 1.807) is 18.2 Å². The van der Waals surface area contributed by atoms with Crippen molar-refractivity contribution in [2.75, 3.05) is 0 Å². The van der Waals surface area contributed by atoms with Gasteiger partial charge in [-0.2, -0.15) is 0 Å². The first-order chi connectivity index (χ1) is 16.4. The van der Waals surface area contributed by atoms with E-state index in [-0.39, 0.29) is 35.3 Å². The number of hydrogen-bond acceptors (Lipinski definition) is 6. The van der Waals surface area contributed by atoms with E-state index in [1.807, 2.05) is 12.3 Å². The van der Waals surface area contributed by atoms with Gasteiger partial charge in [0, 0.05) is 17.6 Å². The normalized spacial score (nSPS) is 18.2. The molecular weight excluding hydrogens is 455 g/mol. The minimum Gasteiger partial charge on any atom is -0.474 e. The number of rotatable bonds is 5. The quantitative estimate of drug-likeness (QED) is 0.439. The Morgan fingerprint density at radius 3 is 2.74 bits per heavy atom. The average Bonchev–Trinajstić information content (AvgIpc) is 3.19. The SMILES string of the molecule is Cc1csc2cc(C(N)=O)c(O[C@H]3CC[C@H](NC(=O)c4cnc5ccc(F)cc5c4)CC3)nc12. The standard InChI is InChI=1S/C25H23FN4O3S/c1-13-12-34-21-10-19(23(27)31)25(30-22(13)21)33-18-5-3-17(4-6-18)29-24(32)15-8-14-9-16(26)2-7-20(14)28-11-15/h2,7-12,17-18H,3-6H2,1H3,(H2,27,31)(H,29,32)/t17-,18-. The van der Waals surface area contributed by atoms with Crippen LogP contribution in [0, 0.1) is 12.7 Å². The lowest BCUT2D eigenvalue weighted by Crippen LogP contribution is -2.39. The van der Waals surface area contributed by atoms with E-state index in [2.05, 4.69) is 15.3 Å². The molecule has 4 aromatic rings. The van der Waals surface area contributed by atoms with Crippen LogP contribution in [0.5, 0.6) is 5.88 Å². The van der Waals surface area contributed by atoms with E-state index in [0.717, 1.165) is 28.6 Å². The fourth-order valence-corrected chi connectivity index (χ4v) is 5.22. The molecule has 174 valence electrons. The molecule has 0 unspecified atom stereocenters. The third-order valence-corrected chi connectivity index (χ3v) is 7.18. The first-order valence-electron chi connectivity index (χ1n) is 11.1. The van der Waals surface area contributed by atoms with Gasteiger partial charge in [0.05, 0.1) is 21.3 Å². The van der Waals surface area contributed by atoms with Crippen LogP contribution in [0.2, 0.25) is 0 Å². The number of primary amides is 1. The number of aryl methyl sites for hydroxylation is 1. The predicted molar refractivity (Wildman–Crippen MR) is 129 cm³/mol. The minimum absolute atomic E-state index is 0.0132. The third kappa shape index (κ3) is 4.43. The lowest BCUT2D eigenvalue weighted by Gasteiger charge is -2.29. The van der Waals surface area contributed by atoms with E-state index in [0.29, 0.717) is 29.3 Å². The van der Waals surface area contributed by atoms with Crippen LogP contribution in [-0.2, 0) is 0 Å². The molecule has 0 spiro atoms. The highest BCUT2D eigenvalue weighted by Gasteiger charge is 2.26. The van der Waals surface area contributed by atoms with Crippen molar-refractivity contribution >= 4 is 44.3 Å². The van der Waals surface area contributed by atoms with Crippen molar-refractivity contribution in [1.82, 2.24) is 15.3 Å². The molecule has 3 aromatic heterocycles. The number of nitrogens with one attached hydrogen (secondary N) is 1. The lowest BCUT2D eigenvalue weighted by molar-refractivity contribution is 0.0881. The molecule has 1 saturated carbocycles. The molecule has 1 aromatic carbocycles. The van der Waals surface area contributed by atoms with Gasteiger partial charge in [-0.15, -0.1) is 11.3 Å². The molecule has 0 atom stereocenters. The number of fused-ring (bicyclic) bond motifs is 2. The van der Waals surface area contributed by atoms with Gasteiger partial charge in [0.25, 0.3) is 11.8 Å². The van der Waals surface area contributed by atoms with Gasteiger partial charge in [-0.3, -0.25) is 14.6 Å². The molecule has 3 heterocycles. The zero-order valence-corrected chi connectivity index (χ0v) is 19.3. The Balaban J connectivity index is 1.23. The molecule has 1 aliphatic rings. The summed E-state index contributed by atoms with van der Waals surface area (Å²) in [5.41, 5.74) is 8.72. The average molecular weight is 479 g/mol. The summed E-state index contributed by atoms with van der Waals surface area (Å²) in [5.74, 6) is -0.907. The second-order valence-electron chi connectivity index (χ2n) is 8.60. The number of amides is 2. The highest BCUT2D eigenvalue weighted by molar-refractivity contribution is 7.17. The number of benzene rings is 1. The fraction of sp³-hybridized carbons (Fsp3) is 0.280. The number of nitrogens with two attached hydrogens (primary N) is 1. The molecule has 0 aliphatic heterocycles. The van der Waals surface area contributed by atoms with Gasteiger partial charge in [-0.05, 0) is 73.9 Å².